The van der Waals surface area contributed by atoms with Gasteiger partial charge in [-0.2, -0.15) is 0 Å². The second-order valence-electron chi connectivity index (χ2n) is 6.26. The maximum Gasteiger partial charge on any atom is 0.325 e. The number of hydrogen-bond acceptors (Lipinski definition) is 4. The summed E-state index contributed by atoms with van der Waals surface area (Å²) in [5.74, 6) is -2.08. The maximum atomic E-state index is 12.6. The molecular formula is C20H21ClN2O5. The van der Waals surface area contributed by atoms with Crippen LogP contribution in [0, 0.1) is 0 Å². The van der Waals surface area contributed by atoms with Crippen LogP contribution in [-0.2, 0) is 4.79 Å². The summed E-state index contributed by atoms with van der Waals surface area (Å²) in [7, 11) is 0. The monoisotopic (exact) mass is 404 g/mol. The third-order valence-electron chi connectivity index (χ3n) is 4.18. The minimum atomic E-state index is -1.17. The van der Waals surface area contributed by atoms with Gasteiger partial charge in [-0.25, -0.2) is 0 Å². The van der Waals surface area contributed by atoms with Crippen molar-refractivity contribution >= 4 is 29.4 Å². The molecule has 148 valence electrons. The fourth-order valence-corrected chi connectivity index (χ4v) is 2.85. The van der Waals surface area contributed by atoms with Gasteiger partial charge in [0.1, 0.15) is 11.8 Å². The Hall–Kier alpha value is -3.06. The molecule has 0 saturated carbocycles. The number of benzene rings is 2. The molecule has 0 aromatic heterocycles. The molecule has 7 nitrogen and oxygen atoms in total. The van der Waals surface area contributed by atoms with Gasteiger partial charge in [0.2, 0.25) is 0 Å². The van der Waals surface area contributed by atoms with Crippen molar-refractivity contribution in [3.63, 3.8) is 0 Å². The van der Waals surface area contributed by atoms with Crippen molar-refractivity contribution in [1.82, 2.24) is 10.6 Å². The van der Waals surface area contributed by atoms with Crippen molar-refractivity contribution in [2.45, 2.75) is 32.4 Å². The quantitative estimate of drug-likeness (QED) is 0.565. The highest BCUT2D eigenvalue weighted by Crippen LogP contribution is 2.23. The molecule has 2 aromatic carbocycles. The Kier molecular flexibility index (Phi) is 7.00. The summed E-state index contributed by atoms with van der Waals surface area (Å²) in [5, 5.41) is 23.7. The molecule has 0 radical (unpaired) electrons. The number of rotatable bonds is 7. The van der Waals surface area contributed by atoms with Gasteiger partial charge in [-0.05, 0) is 49.2 Å². The number of phenolic OH excluding ortho intramolecular Hbond substituents is 1. The highest BCUT2D eigenvalue weighted by atomic mass is 35.5. The predicted molar refractivity (Wildman–Crippen MR) is 105 cm³/mol. The summed E-state index contributed by atoms with van der Waals surface area (Å²) in [4.78, 5) is 35.5. The van der Waals surface area contributed by atoms with E-state index in [1.165, 1.54) is 25.1 Å². The minimum Gasteiger partial charge on any atom is -0.508 e. The van der Waals surface area contributed by atoms with E-state index in [1.54, 1.807) is 24.3 Å². The molecule has 0 saturated heterocycles. The SMILES string of the molecule is CCC(NC(=O)c1ccc(C(=O)NC(C)C(=O)O)c(Cl)c1)c1cccc(O)c1. The second kappa shape index (κ2) is 9.23. The molecule has 0 fully saturated rings. The zero-order valence-corrected chi connectivity index (χ0v) is 16.2. The van der Waals surface area contributed by atoms with Gasteiger partial charge in [-0.15, -0.1) is 0 Å². The van der Waals surface area contributed by atoms with Crippen molar-refractivity contribution < 1.29 is 24.6 Å². The fraction of sp³-hybridized carbons (Fsp3) is 0.250. The summed E-state index contributed by atoms with van der Waals surface area (Å²) in [6.07, 6.45) is 0.608. The highest BCUT2D eigenvalue weighted by Gasteiger charge is 2.20. The first-order chi connectivity index (χ1) is 13.2. The summed E-state index contributed by atoms with van der Waals surface area (Å²) in [6, 6.07) is 9.42. The molecule has 2 unspecified atom stereocenters. The lowest BCUT2D eigenvalue weighted by Crippen LogP contribution is -2.38. The standard InChI is InChI=1S/C20H21ClN2O5/c1-3-17(12-5-4-6-14(24)9-12)23-18(25)13-7-8-15(16(21)10-13)19(26)22-11(2)20(27)28/h4-11,17,24H,3H2,1-2H3,(H,22,26)(H,23,25)(H,27,28). The molecule has 0 aliphatic rings. The average molecular weight is 405 g/mol. The number of carbonyl (C=O) groups excluding carboxylic acids is 2. The number of amides is 2. The van der Waals surface area contributed by atoms with Crippen LogP contribution in [0.5, 0.6) is 5.75 Å². The van der Waals surface area contributed by atoms with E-state index in [0.29, 0.717) is 6.42 Å². The molecule has 0 aliphatic carbocycles. The zero-order chi connectivity index (χ0) is 20.8. The van der Waals surface area contributed by atoms with Gasteiger partial charge in [-0.3, -0.25) is 14.4 Å². The van der Waals surface area contributed by atoms with Crippen LogP contribution in [0.3, 0.4) is 0 Å². The number of carboxylic acid groups (broad SMARTS) is 1. The summed E-state index contributed by atoms with van der Waals surface area (Å²) in [5.41, 5.74) is 1.10. The van der Waals surface area contributed by atoms with Crippen LogP contribution >= 0.6 is 11.6 Å². The van der Waals surface area contributed by atoms with Crippen LogP contribution in [-0.4, -0.2) is 34.0 Å². The lowest BCUT2D eigenvalue weighted by atomic mass is 10.0. The Morgan fingerprint density at radius 3 is 2.36 bits per heavy atom. The molecule has 0 heterocycles. The molecule has 2 aromatic rings. The molecule has 8 heteroatoms. The first-order valence-corrected chi connectivity index (χ1v) is 9.03. The van der Waals surface area contributed by atoms with Gasteiger partial charge in [0.05, 0.1) is 16.6 Å². The summed E-state index contributed by atoms with van der Waals surface area (Å²) in [6.45, 7) is 3.24. The zero-order valence-electron chi connectivity index (χ0n) is 15.4. The lowest BCUT2D eigenvalue weighted by molar-refractivity contribution is -0.138. The van der Waals surface area contributed by atoms with E-state index in [1.807, 2.05) is 6.92 Å². The van der Waals surface area contributed by atoms with Crippen molar-refractivity contribution in [2.75, 3.05) is 0 Å². The van der Waals surface area contributed by atoms with E-state index in [2.05, 4.69) is 10.6 Å². The Labute approximate surface area is 167 Å². The molecule has 28 heavy (non-hydrogen) atoms. The number of carboxylic acids is 1. The molecule has 4 N–H and O–H groups in total. The molecular weight excluding hydrogens is 384 g/mol. The van der Waals surface area contributed by atoms with Gasteiger partial charge in [0.15, 0.2) is 0 Å². The Balaban J connectivity index is 2.15. The smallest absolute Gasteiger partial charge is 0.325 e. The summed E-state index contributed by atoms with van der Waals surface area (Å²) >= 11 is 6.12. The van der Waals surface area contributed by atoms with E-state index in [9.17, 15) is 19.5 Å². The van der Waals surface area contributed by atoms with Gasteiger partial charge in [-0.1, -0.05) is 30.7 Å². The molecule has 0 bridgehead atoms. The normalized spacial score (nSPS) is 12.7. The number of nitrogens with one attached hydrogen (secondary N) is 2. The van der Waals surface area contributed by atoms with E-state index >= 15 is 0 Å². The highest BCUT2D eigenvalue weighted by molar-refractivity contribution is 6.34. The first-order valence-electron chi connectivity index (χ1n) is 8.66. The first kappa shape index (κ1) is 21.2. The van der Waals surface area contributed by atoms with E-state index in [-0.39, 0.29) is 33.8 Å². The molecule has 0 aliphatic heterocycles. The van der Waals surface area contributed by atoms with Crippen molar-refractivity contribution in [3.05, 3.63) is 64.2 Å². The largest absolute Gasteiger partial charge is 0.508 e. The maximum absolute atomic E-state index is 12.6. The Bertz CT molecular complexity index is 900. The number of phenols is 1. The molecule has 2 atom stereocenters. The van der Waals surface area contributed by atoms with Crippen molar-refractivity contribution in [1.29, 1.82) is 0 Å². The minimum absolute atomic E-state index is 0.0353. The second-order valence-corrected chi connectivity index (χ2v) is 6.66. The average Bonchev–Trinajstić information content (AvgIpc) is 2.65. The molecule has 0 spiro atoms. The number of aliphatic carboxylic acids is 1. The number of halogens is 1. The van der Waals surface area contributed by atoms with Crippen molar-refractivity contribution in [2.24, 2.45) is 0 Å². The van der Waals surface area contributed by atoms with Crippen LogP contribution in [0.25, 0.3) is 0 Å². The van der Waals surface area contributed by atoms with Gasteiger partial charge in [0, 0.05) is 5.56 Å². The fourth-order valence-electron chi connectivity index (χ4n) is 2.58. The van der Waals surface area contributed by atoms with Crippen LogP contribution in [0.15, 0.2) is 42.5 Å². The van der Waals surface area contributed by atoms with E-state index in [4.69, 9.17) is 16.7 Å². The van der Waals surface area contributed by atoms with Crippen molar-refractivity contribution in [3.8, 4) is 5.75 Å². The van der Waals surface area contributed by atoms with Gasteiger partial charge < -0.3 is 20.8 Å². The predicted octanol–water partition coefficient (Wildman–Crippen LogP) is 3.13. The van der Waals surface area contributed by atoms with Crippen LogP contribution < -0.4 is 10.6 Å². The third kappa shape index (κ3) is 5.23. The Morgan fingerprint density at radius 2 is 1.79 bits per heavy atom. The lowest BCUT2D eigenvalue weighted by Gasteiger charge is -2.18. The number of carbonyl (C=O) groups is 3. The Morgan fingerprint density at radius 1 is 1.07 bits per heavy atom. The number of aromatic hydroxyl groups is 1. The van der Waals surface area contributed by atoms with Crippen LogP contribution in [0.1, 0.15) is 52.6 Å². The topological polar surface area (TPSA) is 116 Å². The van der Waals surface area contributed by atoms with Crippen LogP contribution in [0.2, 0.25) is 5.02 Å². The van der Waals surface area contributed by atoms with E-state index in [0.717, 1.165) is 5.56 Å². The summed E-state index contributed by atoms with van der Waals surface area (Å²) < 4.78 is 0. The van der Waals surface area contributed by atoms with Crippen LogP contribution in [0.4, 0.5) is 0 Å². The van der Waals surface area contributed by atoms with Gasteiger partial charge in [0.25, 0.3) is 11.8 Å². The number of hydrogen-bond donors (Lipinski definition) is 4. The molecule has 2 amide bonds. The third-order valence-corrected chi connectivity index (χ3v) is 4.49. The van der Waals surface area contributed by atoms with E-state index < -0.39 is 17.9 Å². The van der Waals surface area contributed by atoms with Gasteiger partial charge >= 0.3 is 5.97 Å². The molecule has 2 rings (SSSR count).